The van der Waals surface area contributed by atoms with Gasteiger partial charge in [0.15, 0.2) is 1.41 Å². The predicted molar refractivity (Wildman–Crippen MR) is 119 cm³/mol. The molecule has 0 radical (unpaired) electrons. The van der Waals surface area contributed by atoms with Crippen LogP contribution in [0.2, 0.25) is 1.41 Å². The average molecular weight is 466 g/mol. The van der Waals surface area contributed by atoms with Gasteiger partial charge in [0.1, 0.15) is 25.0 Å². The Kier molecular flexibility index (Phi) is 5.37. The van der Waals surface area contributed by atoms with Gasteiger partial charge in [0, 0.05) is 32.0 Å². The Bertz CT molecular complexity index is 1220. The molecule has 1 N–H and O–H groups in total. The lowest BCUT2D eigenvalue weighted by atomic mass is 10.0. The van der Waals surface area contributed by atoms with Crippen molar-refractivity contribution in [2.45, 2.75) is 38.6 Å². The summed E-state index contributed by atoms with van der Waals surface area (Å²) in [7, 11) is 0. The summed E-state index contributed by atoms with van der Waals surface area (Å²) in [4.78, 5) is 52.4. The van der Waals surface area contributed by atoms with Gasteiger partial charge < -0.3 is 19.3 Å². The number of ether oxygens (including phenoxy) is 2. The molecule has 0 aliphatic carbocycles. The van der Waals surface area contributed by atoms with Crippen molar-refractivity contribution in [2.75, 3.05) is 19.8 Å². The third kappa shape index (κ3) is 4.38. The highest BCUT2D eigenvalue weighted by Gasteiger charge is 2.40. The van der Waals surface area contributed by atoms with E-state index in [1.165, 1.54) is 4.90 Å². The summed E-state index contributed by atoms with van der Waals surface area (Å²) in [6, 6.07) is 11.8. The van der Waals surface area contributed by atoms with Crippen molar-refractivity contribution in [3.05, 3.63) is 64.7 Å². The van der Waals surface area contributed by atoms with E-state index >= 15 is 0 Å². The van der Waals surface area contributed by atoms with E-state index in [0.717, 1.165) is 11.1 Å². The zero-order chi connectivity index (χ0) is 25.4. The highest BCUT2D eigenvalue weighted by Crippen LogP contribution is 2.34. The molecule has 2 aromatic rings. The first-order valence-electron chi connectivity index (χ1n) is 12.1. The molecule has 0 aromatic heterocycles. The molecule has 3 aliphatic heterocycles. The van der Waals surface area contributed by atoms with Crippen LogP contribution in [0.5, 0.6) is 5.75 Å². The normalized spacial score (nSPS) is 23.7. The molecular weight excluding hydrogens is 438 g/mol. The van der Waals surface area contributed by atoms with Crippen molar-refractivity contribution in [2.24, 2.45) is 0 Å². The Morgan fingerprint density at radius 1 is 1.12 bits per heavy atom. The zero-order valence-corrected chi connectivity index (χ0v) is 18.4. The number of carbonyl (C=O) groups is 4. The Balaban J connectivity index is 1.25. The van der Waals surface area contributed by atoms with Crippen molar-refractivity contribution in [3.63, 3.8) is 0 Å². The number of piperidine rings is 1. The number of imide groups is 1. The van der Waals surface area contributed by atoms with Crippen molar-refractivity contribution in [1.29, 1.82) is 0 Å². The van der Waals surface area contributed by atoms with Gasteiger partial charge in [-0.1, -0.05) is 30.3 Å². The van der Waals surface area contributed by atoms with Crippen molar-refractivity contribution < 1.29 is 31.4 Å². The second-order valence-corrected chi connectivity index (χ2v) is 8.43. The molecule has 176 valence electrons. The zero-order valence-electron chi connectivity index (χ0n) is 20.4. The number of nitrogens with zero attached hydrogens (tertiary/aromatic N) is 2. The second kappa shape index (κ2) is 9.26. The molecule has 9 nitrogen and oxygen atoms in total. The molecule has 3 heterocycles. The monoisotopic (exact) mass is 465 g/mol. The number of rotatable bonds is 6. The Hall–Kier alpha value is -3.72. The molecule has 0 spiro atoms. The van der Waals surface area contributed by atoms with Crippen molar-refractivity contribution in [3.8, 4) is 5.75 Å². The minimum Gasteiger partial charge on any atom is -0.489 e. The number of carbonyl (C=O) groups excluding carboxylic acids is 4. The minimum absolute atomic E-state index is 0.0228. The molecule has 2 atom stereocenters. The summed E-state index contributed by atoms with van der Waals surface area (Å²) in [6.07, 6.45) is -1.40. The van der Waals surface area contributed by atoms with Gasteiger partial charge in [-0.05, 0) is 29.7 Å². The smallest absolute Gasteiger partial charge is 0.255 e. The Morgan fingerprint density at radius 2 is 1.91 bits per heavy atom. The van der Waals surface area contributed by atoms with E-state index < -0.39 is 24.3 Å². The molecule has 34 heavy (non-hydrogen) atoms. The first kappa shape index (κ1) is 19.7. The first-order chi connectivity index (χ1) is 17.3. The molecule has 2 aromatic carbocycles. The van der Waals surface area contributed by atoms with E-state index in [0.29, 0.717) is 36.6 Å². The number of hydrogen-bond acceptors (Lipinski definition) is 6. The fourth-order valence-electron chi connectivity index (χ4n) is 4.36. The van der Waals surface area contributed by atoms with Gasteiger partial charge in [0.2, 0.25) is 17.7 Å². The Morgan fingerprint density at radius 3 is 2.71 bits per heavy atom. The average Bonchev–Trinajstić information content (AvgIpc) is 3.22. The summed E-state index contributed by atoms with van der Waals surface area (Å²) in [5.41, 5.74) is 2.95. The molecule has 2 fully saturated rings. The summed E-state index contributed by atoms with van der Waals surface area (Å²) in [5, 5.41) is 0.193. The van der Waals surface area contributed by atoms with Crippen LogP contribution in [0.15, 0.2) is 42.5 Å². The molecule has 5 rings (SSSR count). The van der Waals surface area contributed by atoms with E-state index in [2.05, 4.69) is 0 Å². The van der Waals surface area contributed by atoms with Gasteiger partial charge in [-0.2, -0.15) is 0 Å². The Labute approximate surface area is 199 Å². The predicted octanol–water partition coefficient (Wildman–Crippen LogP) is 1.39. The second-order valence-electron chi connectivity index (χ2n) is 8.43. The quantitative estimate of drug-likeness (QED) is 0.647. The molecule has 2 saturated heterocycles. The van der Waals surface area contributed by atoms with Crippen LogP contribution >= 0.6 is 0 Å². The maximum Gasteiger partial charge on any atom is 0.255 e. The lowest BCUT2D eigenvalue weighted by Gasteiger charge is -2.29. The van der Waals surface area contributed by atoms with Crippen LogP contribution < -0.4 is 10.0 Å². The molecule has 3 aliphatic rings. The van der Waals surface area contributed by atoms with E-state index in [1.807, 2.05) is 24.3 Å². The number of benzene rings is 2. The van der Waals surface area contributed by atoms with E-state index in [1.54, 1.807) is 23.1 Å². The topological polar surface area (TPSA) is 105 Å². The van der Waals surface area contributed by atoms with Crippen molar-refractivity contribution in [1.82, 2.24) is 15.1 Å². The van der Waals surface area contributed by atoms with Crippen molar-refractivity contribution >= 4 is 23.6 Å². The maximum atomic E-state index is 13.0. The lowest BCUT2D eigenvalue weighted by Crippen LogP contribution is -2.52. The summed E-state index contributed by atoms with van der Waals surface area (Å²) in [5.74, 6) is -1.58. The highest BCUT2D eigenvalue weighted by molar-refractivity contribution is 6.05. The lowest BCUT2D eigenvalue weighted by molar-refractivity contribution is -0.143. The van der Waals surface area contributed by atoms with Crippen LogP contribution in [0.3, 0.4) is 0 Å². The number of fused-ring (bicyclic) bond motifs is 1. The van der Waals surface area contributed by atoms with E-state index in [-0.39, 0.29) is 43.3 Å². The minimum atomic E-state index is -1.26. The largest absolute Gasteiger partial charge is 0.489 e. The van der Waals surface area contributed by atoms with Crippen LogP contribution in [-0.4, -0.2) is 59.2 Å². The first-order valence-corrected chi connectivity index (χ1v) is 11.1. The number of morpholine rings is 1. The number of hydrogen-bond donors (Lipinski definition) is 1. The van der Waals surface area contributed by atoms with Gasteiger partial charge >= 0.3 is 0 Å². The number of amides is 4. The third-order valence-corrected chi connectivity index (χ3v) is 6.22. The maximum absolute atomic E-state index is 13.0. The van der Waals surface area contributed by atoms with Gasteiger partial charge in [-0.15, -0.1) is 0 Å². The van der Waals surface area contributed by atoms with Gasteiger partial charge in [-0.3, -0.25) is 24.5 Å². The molecule has 0 bridgehead atoms. The molecule has 9 heteroatoms. The van der Waals surface area contributed by atoms with E-state index in [9.17, 15) is 19.2 Å². The number of nitrogens with one attached hydrogen (secondary N) is 1. The summed E-state index contributed by atoms with van der Waals surface area (Å²) >= 11 is 0. The van der Waals surface area contributed by atoms with Crippen LogP contribution in [-0.2, 0) is 38.8 Å². The highest BCUT2D eigenvalue weighted by atomic mass is 16.5. The van der Waals surface area contributed by atoms with Gasteiger partial charge in [-0.25, -0.2) is 0 Å². The summed E-state index contributed by atoms with van der Waals surface area (Å²) < 4.78 is 26.7. The van der Waals surface area contributed by atoms with Crippen LogP contribution in [0.25, 0.3) is 0 Å². The third-order valence-electron chi connectivity index (χ3n) is 6.22. The molecule has 4 amide bonds. The van der Waals surface area contributed by atoms with Crippen LogP contribution in [0.4, 0.5) is 0 Å². The van der Waals surface area contributed by atoms with Gasteiger partial charge in [0.05, 0.1) is 13.2 Å². The van der Waals surface area contributed by atoms with Crippen LogP contribution in [0, 0.1) is 0 Å². The molecular formula is C25H25N3O6. The molecule has 2 unspecified atom stereocenters. The SMILES string of the molecule is [2H]C1CC(N2Cc3c(OCc4ccc(CN5CCOCC5=O)cc4)cccc3C2=O)C(=O)N([2H])C1=O. The van der Waals surface area contributed by atoms with Crippen LogP contribution in [0.1, 0.15) is 41.2 Å². The fraction of sp³-hybridized carbons (Fsp3) is 0.360. The van der Waals surface area contributed by atoms with E-state index in [4.69, 9.17) is 12.3 Å². The van der Waals surface area contributed by atoms with Gasteiger partial charge in [0.25, 0.3) is 5.91 Å². The summed E-state index contributed by atoms with van der Waals surface area (Å²) in [6.45, 7) is 2.11. The fourth-order valence-corrected chi connectivity index (χ4v) is 4.36. The standard InChI is InChI=1S/C25H25N3O6/c29-22-9-8-20(24(31)26-22)28-13-19-18(25(28)32)2-1-3-21(19)34-14-17-6-4-16(5-7-17)12-27-10-11-33-15-23(27)30/h1-7,20H,8-15H2,(H,26,29,31)/i9D/hD. The molecule has 0 saturated carbocycles.